The van der Waals surface area contributed by atoms with Crippen LogP contribution in [0.3, 0.4) is 0 Å². The Labute approximate surface area is 173 Å². The van der Waals surface area contributed by atoms with E-state index < -0.39 is 18.3 Å². The maximum Gasteiger partial charge on any atom is 0.493 e. The predicted molar refractivity (Wildman–Crippen MR) is 116 cm³/mol. The summed E-state index contributed by atoms with van der Waals surface area (Å²) in [5.41, 5.74) is 3.28. The lowest BCUT2D eigenvalue weighted by Crippen LogP contribution is -2.41. The van der Waals surface area contributed by atoms with Crippen LogP contribution in [0.4, 0.5) is 0 Å². The highest BCUT2D eigenvalue weighted by molar-refractivity contribution is 6.57. The van der Waals surface area contributed by atoms with E-state index in [-0.39, 0.29) is 6.10 Å². The molecule has 1 unspecified atom stereocenters. The molecule has 0 N–H and O–H groups in total. The highest BCUT2D eigenvalue weighted by Crippen LogP contribution is 2.42. The zero-order chi connectivity index (χ0) is 20.5. The molecule has 148 valence electrons. The topological polar surface area (TPSA) is 27.7 Å². The number of benzene rings is 2. The Morgan fingerprint density at radius 3 is 1.89 bits per heavy atom. The fourth-order valence-corrected chi connectivity index (χ4v) is 3.46. The van der Waals surface area contributed by atoms with Gasteiger partial charge >= 0.3 is 7.12 Å². The second kappa shape index (κ2) is 8.04. The number of ether oxygens (including phenoxy) is 1. The van der Waals surface area contributed by atoms with Crippen LogP contribution in [0.2, 0.25) is 5.02 Å². The van der Waals surface area contributed by atoms with E-state index in [1.54, 1.807) is 7.11 Å². The molecule has 2 aromatic rings. The Kier molecular flexibility index (Phi) is 6.07. The van der Waals surface area contributed by atoms with Crippen LogP contribution in [0.25, 0.3) is 5.57 Å². The van der Waals surface area contributed by atoms with Crippen molar-refractivity contribution in [2.45, 2.75) is 51.9 Å². The minimum Gasteiger partial charge on any atom is -0.399 e. The van der Waals surface area contributed by atoms with E-state index in [2.05, 4.69) is 39.8 Å². The van der Waals surface area contributed by atoms with E-state index >= 15 is 0 Å². The molecule has 1 aliphatic heterocycles. The second-order valence-electron chi connectivity index (χ2n) is 8.17. The maximum atomic E-state index is 6.41. The lowest BCUT2D eigenvalue weighted by Gasteiger charge is -2.32. The van der Waals surface area contributed by atoms with Crippen LogP contribution < -0.4 is 0 Å². The quantitative estimate of drug-likeness (QED) is 0.595. The summed E-state index contributed by atoms with van der Waals surface area (Å²) in [5.74, 6) is 0. The molecule has 1 fully saturated rings. The Hall–Kier alpha value is -1.59. The van der Waals surface area contributed by atoms with E-state index in [1.807, 2.05) is 49.4 Å². The monoisotopic (exact) mass is 398 g/mol. The molecule has 1 atom stereocenters. The lowest BCUT2D eigenvalue weighted by atomic mass is 9.69. The van der Waals surface area contributed by atoms with Gasteiger partial charge in [-0.25, -0.2) is 0 Å². The second-order valence-corrected chi connectivity index (χ2v) is 8.61. The van der Waals surface area contributed by atoms with E-state index in [0.717, 1.165) is 22.2 Å². The third-order valence-corrected chi connectivity index (χ3v) is 6.03. The number of hydrogen-bond donors (Lipinski definition) is 0. The van der Waals surface area contributed by atoms with Crippen LogP contribution in [0.5, 0.6) is 0 Å². The van der Waals surface area contributed by atoms with Gasteiger partial charge in [0.1, 0.15) is 0 Å². The minimum atomic E-state index is -0.508. The number of hydrogen-bond acceptors (Lipinski definition) is 3. The van der Waals surface area contributed by atoms with Crippen molar-refractivity contribution in [3.63, 3.8) is 0 Å². The Morgan fingerprint density at radius 1 is 0.893 bits per heavy atom. The Morgan fingerprint density at radius 2 is 1.39 bits per heavy atom. The number of methoxy groups -OCH3 is 1. The molecule has 0 amide bonds. The molecule has 0 bridgehead atoms. The molecule has 2 aromatic carbocycles. The van der Waals surface area contributed by atoms with Crippen molar-refractivity contribution in [2.24, 2.45) is 0 Å². The molecule has 0 radical (unpaired) electrons. The van der Waals surface area contributed by atoms with Gasteiger partial charge in [0.05, 0.1) is 17.3 Å². The van der Waals surface area contributed by atoms with Gasteiger partial charge in [-0.1, -0.05) is 54.1 Å². The van der Waals surface area contributed by atoms with Crippen molar-refractivity contribution in [3.05, 3.63) is 76.2 Å². The van der Waals surface area contributed by atoms with Gasteiger partial charge in [0.25, 0.3) is 0 Å². The molecule has 1 saturated heterocycles. The zero-order valence-corrected chi connectivity index (χ0v) is 18.2. The molecule has 0 aromatic heterocycles. The molecule has 3 rings (SSSR count). The van der Waals surface area contributed by atoms with Crippen molar-refractivity contribution >= 4 is 24.3 Å². The molecule has 28 heavy (non-hydrogen) atoms. The maximum absolute atomic E-state index is 6.41. The molecule has 3 nitrogen and oxygen atoms in total. The first-order valence-electron chi connectivity index (χ1n) is 9.60. The van der Waals surface area contributed by atoms with Crippen LogP contribution in [-0.4, -0.2) is 31.5 Å². The van der Waals surface area contributed by atoms with Crippen LogP contribution in [-0.2, 0) is 14.0 Å². The van der Waals surface area contributed by atoms with E-state index in [4.69, 9.17) is 25.6 Å². The summed E-state index contributed by atoms with van der Waals surface area (Å²) in [6.45, 7) is 10.3. The van der Waals surface area contributed by atoms with E-state index in [1.165, 1.54) is 0 Å². The normalized spacial score (nSPS) is 20.0. The van der Waals surface area contributed by atoms with Gasteiger partial charge in [-0.3, -0.25) is 0 Å². The molecular formula is C23H28BClO3. The number of rotatable bonds is 5. The first-order chi connectivity index (χ1) is 13.2. The van der Waals surface area contributed by atoms with Crippen molar-refractivity contribution in [2.75, 3.05) is 7.11 Å². The van der Waals surface area contributed by atoms with Crippen LogP contribution in [0, 0.1) is 0 Å². The SMILES string of the molecule is COC(C)/C(B1OC(C)(C)C(C)(C)O1)=C(/c1ccccc1)c1ccc(Cl)cc1. The zero-order valence-electron chi connectivity index (χ0n) is 17.5. The van der Waals surface area contributed by atoms with Crippen molar-refractivity contribution in [3.8, 4) is 0 Å². The third-order valence-electron chi connectivity index (χ3n) is 5.78. The lowest BCUT2D eigenvalue weighted by molar-refractivity contribution is 0.00578. The highest BCUT2D eigenvalue weighted by atomic mass is 35.5. The highest BCUT2D eigenvalue weighted by Gasteiger charge is 2.53. The minimum absolute atomic E-state index is 0.194. The van der Waals surface area contributed by atoms with Gasteiger partial charge < -0.3 is 14.0 Å². The van der Waals surface area contributed by atoms with Crippen molar-refractivity contribution in [1.29, 1.82) is 0 Å². The van der Waals surface area contributed by atoms with Crippen LogP contribution in [0.1, 0.15) is 45.7 Å². The summed E-state index contributed by atoms with van der Waals surface area (Å²) >= 11 is 6.14. The molecule has 0 saturated carbocycles. The third kappa shape index (κ3) is 4.06. The summed E-state index contributed by atoms with van der Waals surface area (Å²) in [4.78, 5) is 0. The number of halogens is 1. The smallest absolute Gasteiger partial charge is 0.399 e. The van der Waals surface area contributed by atoms with Gasteiger partial charge in [0.15, 0.2) is 0 Å². The molecule has 1 aliphatic rings. The summed E-state index contributed by atoms with van der Waals surface area (Å²) in [6, 6.07) is 18.1. The van der Waals surface area contributed by atoms with Crippen molar-refractivity contribution in [1.82, 2.24) is 0 Å². The van der Waals surface area contributed by atoms with Crippen LogP contribution >= 0.6 is 11.6 Å². The molecule has 0 spiro atoms. The Balaban J connectivity index is 2.24. The van der Waals surface area contributed by atoms with Crippen molar-refractivity contribution < 1.29 is 14.0 Å². The van der Waals surface area contributed by atoms with Gasteiger partial charge in [0, 0.05) is 12.1 Å². The van der Waals surface area contributed by atoms with Crippen LogP contribution in [0.15, 0.2) is 60.1 Å². The summed E-state index contributed by atoms with van der Waals surface area (Å²) in [5, 5.41) is 0.702. The molecule has 5 heteroatoms. The summed E-state index contributed by atoms with van der Waals surface area (Å²) < 4.78 is 18.6. The van der Waals surface area contributed by atoms with Gasteiger partial charge in [-0.15, -0.1) is 0 Å². The van der Waals surface area contributed by atoms with E-state index in [0.29, 0.717) is 5.02 Å². The predicted octanol–water partition coefficient (Wildman–Crippen LogP) is 5.81. The average molecular weight is 399 g/mol. The fraction of sp³-hybridized carbons (Fsp3) is 0.391. The largest absolute Gasteiger partial charge is 0.493 e. The summed E-state index contributed by atoms with van der Waals surface area (Å²) in [6.07, 6.45) is -0.194. The first-order valence-corrected chi connectivity index (χ1v) is 9.98. The standard InChI is InChI=1S/C23H28BClO3/c1-16(26-6)21(24-27-22(2,3)23(4,5)28-24)20(17-10-8-7-9-11-17)18-12-14-19(25)15-13-18/h7-16H,1-6H3/b21-20+. The molecule has 1 heterocycles. The first kappa shape index (κ1) is 21.1. The summed E-state index contributed by atoms with van der Waals surface area (Å²) in [7, 11) is 1.20. The fourth-order valence-electron chi connectivity index (χ4n) is 3.33. The van der Waals surface area contributed by atoms with E-state index in [9.17, 15) is 0 Å². The van der Waals surface area contributed by atoms with Gasteiger partial charge in [-0.05, 0) is 68.9 Å². The molecular weight excluding hydrogens is 371 g/mol. The van der Waals surface area contributed by atoms with Gasteiger partial charge in [0.2, 0.25) is 0 Å². The Bertz CT molecular complexity index is 828. The average Bonchev–Trinajstić information content (AvgIpc) is 2.87. The molecule has 0 aliphatic carbocycles. The van der Waals surface area contributed by atoms with Gasteiger partial charge in [-0.2, -0.15) is 0 Å².